The molecule has 0 bridgehead atoms. The molecule has 0 radical (unpaired) electrons. The summed E-state index contributed by atoms with van der Waals surface area (Å²) in [6.07, 6.45) is 0. The van der Waals surface area contributed by atoms with Gasteiger partial charge in [-0.1, -0.05) is 103 Å². The molecule has 0 nitrogen and oxygen atoms in total. The van der Waals surface area contributed by atoms with Crippen molar-refractivity contribution in [3.05, 3.63) is 141 Å². The van der Waals surface area contributed by atoms with Crippen LogP contribution in [0.1, 0.15) is 22.3 Å². The molecule has 4 aromatic rings. The Morgan fingerprint density at radius 3 is 1.00 bits per heavy atom. The average molecular weight is 458 g/mol. The summed E-state index contributed by atoms with van der Waals surface area (Å²) in [7, 11) is 0. The fraction of sp³-hybridized carbons (Fsp3) is 0. The SMILES string of the molecule is Ic1ccc(C(=C(c2ccccc2)c2ccccc2)c2ccccc2)cc1. The van der Waals surface area contributed by atoms with Crippen molar-refractivity contribution in [2.24, 2.45) is 0 Å². The van der Waals surface area contributed by atoms with Gasteiger partial charge in [0.05, 0.1) is 0 Å². The molecule has 0 atom stereocenters. The van der Waals surface area contributed by atoms with Crippen LogP contribution >= 0.6 is 22.6 Å². The molecule has 0 N–H and O–H groups in total. The number of halogens is 1. The zero-order chi connectivity index (χ0) is 18.5. The Labute approximate surface area is 174 Å². The van der Waals surface area contributed by atoms with Crippen molar-refractivity contribution in [1.29, 1.82) is 0 Å². The summed E-state index contributed by atoms with van der Waals surface area (Å²) in [5.41, 5.74) is 7.40. The largest absolute Gasteiger partial charge is 0.0622 e. The Morgan fingerprint density at radius 1 is 0.370 bits per heavy atom. The van der Waals surface area contributed by atoms with Crippen molar-refractivity contribution in [3.63, 3.8) is 0 Å². The third kappa shape index (κ3) is 4.04. The van der Waals surface area contributed by atoms with Crippen molar-refractivity contribution < 1.29 is 0 Å². The molecule has 27 heavy (non-hydrogen) atoms. The summed E-state index contributed by atoms with van der Waals surface area (Å²) >= 11 is 2.36. The van der Waals surface area contributed by atoms with Crippen LogP contribution in [-0.2, 0) is 0 Å². The molecule has 0 amide bonds. The predicted molar refractivity (Wildman–Crippen MR) is 124 cm³/mol. The molecule has 0 unspecified atom stereocenters. The van der Waals surface area contributed by atoms with Crippen LogP contribution in [0.5, 0.6) is 0 Å². The summed E-state index contributed by atoms with van der Waals surface area (Å²) < 4.78 is 1.24. The van der Waals surface area contributed by atoms with E-state index in [2.05, 4.69) is 138 Å². The highest BCUT2D eigenvalue weighted by Crippen LogP contribution is 2.36. The summed E-state index contributed by atoms with van der Waals surface area (Å²) in [6, 6.07) is 40.8. The van der Waals surface area contributed by atoms with Crippen LogP contribution < -0.4 is 0 Å². The van der Waals surface area contributed by atoms with Crippen LogP contribution in [0, 0.1) is 3.57 Å². The molecule has 0 aliphatic heterocycles. The summed E-state index contributed by atoms with van der Waals surface area (Å²) in [5, 5.41) is 0. The van der Waals surface area contributed by atoms with E-state index >= 15 is 0 Å². The first kappa shape index (κ1) is 17.7. The van der Waals surface area contributed by atoms with Gasteiger partial charge in [0.25, 0.3) is 0 Å². The monoisotopic (exact) mass is 458 g/mol. The molecular formula is C26H19I. The zero-order valence-electron chi connectivity index (χ0n) is 14.8. The highest BCUT2D eigenvalue weighted by molar-refractivity contribution is 14.1. The molecule has 0 saturated heterocycles. The average Bonchev–Trinajstić information content (AvgIpc) is 2.75. The van der Waals surface area contributed by atoms with Crippen molar-refractivity contribution in [2.45, 2.75) is 0 Å². The molecule has 0 aliphatic rings. The van der Waals surface area contributed by atoms with E-state index in [1.807, 2.05) is 0 Å². The second kappa shape index (κ2) is 8.36. The maximum Gasteiger partial charge on any atom is 0.0130 e. The smallest absolute Gasteiger partial charge is 0.0130 e. The molecule has 0 heterocycles. The Balaban J connectivity index is 2.08. The van der Waals surface area contributed by atoms with Gasteiger partial charge in [-0.15, -0.1) is 0 Å². The highest BCUT2D eigenvalue weighted by Gasteiger charge is 2.15. The number of rotatable bonds is 4. The van der Waals surface area contributed by atoms with E-state index in [0.717, 1.165) is 0 Å². The molecule has 1 heteroatoms. The topological polar surface area (TPSA) is 0 Å². The minimum Gasteiger partial charge on any atom is -0.0622 e. The van der Waals surface area contributed by atoms with Crippen molar-refractivity contribution in [1.82, 2.24) is 0 Å². The first-order valence-electron chi connectivity index (χ1n) is 8.99. The lowest BCUT2D eigenvalue weighted by Gasteiger charge is -2.18. The molecule has 4 aromatic carbocycles. The van der Waals surface area contributed by atoms with Crippen LogP contribution in [0.4, 0.5) is 0 Å². The molecule has 130 valence electrons. The van der Waals surface area contributed by atoms with E-state index in [1.54, 1.807) is 0 Å². The normalized spacial score (nSPS) is 10.4. The van der Waals surface area contributed by atoms with E-state index in [-0.39, 0.29) is 0 Å². The van der Waals surface area contributed by atoms with Gasteiger partial charge in [0.15, 0.2) is 0 Å². The fourth-order valence-corrected chi connectivity index (χ4v) is 3.70. The molecular weight excluding hydrogens is 439 g/mol. The van der Waals surface area contributed by atoms with Gasteiger partial charge in [0, 0.05) is 3.57 Å². The van der Waals surface area contributed by atoms with Crippen LogP contribution in [0.15, 0.2) is 115 Å². The van der Waals surface area contributed by atoms with Gasteiger partial charge in [-0.05, 0) is 68.1 Å². The second-order valence-corrected chi connectivity index (χ2v) is 7.60. The van der Waals surface area contributed by atoms with Gasteiger partial charge < -0.3 is 0 Å². The van der Waals surface area contributed by atoms with Crippen LogP contribution in [0.3, 0.4) is 0 Å². The number of hydrogen-bond donors (Lipinski definition) is 0. The van der Waals surface area contributed by atoms with Crippen LogP contribution in [0.2, 0.25) is 0 Å². The van der Waals surface area contributed by atoms with Crippen molar-refractivity contribution in [3.8, 4) is 0 Å². The van der Waals surface area contributed by atoms with E-state index in [0.29, 0.717) is 0 Å². The van der Waals surface area contributed by atoms with E-state index in [1.165, 1.54) is 37.0 Å². The van der Waals surface area contributed by atoms with Gasteiger partial charge >= 0.3 is 0 Å². The predicted octanol–water partition coefficient (Wildman–Crippen LogP) is 7.30. The zero-order valence-corrected chi connectivity index (χ0v) is 17.0. The van der Waals surface area contributed by atoms with Gasteiger partial charge in [0.1, 0.15) is 0 Å². The van der Waals surface area contributed by atoms with Crippen LogP contribution in [0.25, 0.3) is 11.1 Å². The van der Waals surface area contributed by atoms with Crippen molar-refractivity contribution in [2.75, 3.05) is 0 Å². The summed E-state index contributed by atoms with van der Waals surface area (Å²) in [4.78, 5) is 0. The first-order valence-corrected chi connectivity index (χ1v) is 10.1. The highest BCUT2D eigenvalue weighted by atomic mass is 127. The summed E-state index contributed by atoms with van der Waals surface area (Å²) in [6.45, 7) is 0. The van der Waals surface area contributed by atoms with Crippen molar-refractivity contribution >= 4 is 33.7 Å². The fourth-order valence-electron chi connectivity index (χ4n) is 3.34. The molecule has 0 aliphatic carbocycles. The standard InChI is InChI=1S/C26H19I/c27-24-18-16-23(17-19-24)26(22-14-8-3-9-15-22)25(20-10-4-1-5-11-20)21-12-6-2-7-13-21/h1-19H. The van der Waals surface area contributed by atoms with E-state index in [9.17, 15) is 0 Å². The molecule has 4 rings (SSSR count). The summed E-state index contributed by atoms with van der Waals surface area (Å²) in [5.74, 6) is 0. The Morgan fingerprint density at radius 2 is 0.667 bits per heavy atom. The van der Waals surface area contributed by atoms with Gasteiger partial charge in [-0.2, -0.15) is 0 Å². The van der Waals surface area contributed by atoms with Crippen LogP contribution in [-0.4, -0.2) is 0 Å². The third-order valence-corrected chi connectivity index (χ3v) is 5.29. The number of benzene rings is 4. The van der Waals surface area contributed by atoms with Gasteiger partial charge in [0.2, 0.25) is 0 Å². The van der Waals surface area contributed by atoms with Gasteiger partial charge in [-0.25, -0.2) is 0 Å². The minimum absolute atomic E-state index is 1.22. The quantitative estimate of drug-likeness (QED) is 0.222. The Kier molecular flexibility index (Phi) is 5.50. The second-order valence-electron chi connectivity index (χ2n) is 6.35. The minimum atomic E-state index is 1.22. The lowest BCUT2D eigenvalue weighted by Crippen LogP contribution is -1.97. The Bertz CT molecular complexity index is 990. The molecule has 0 fully saturated rings. The lowest BCUT2D eigenvalue weighted by atomic mass is 9.86. The third-order valence-electron chi connectivity index (χ3n) is 4.57. The van der Waals surface area contributed by atoms with E-state index in [4.69, 9.17) is 0 Å². The molecule has 0 spiro atoms. The molecule has 0 aromatic heterocycles. The Hall–Kier alpha value is -2.65. The van der Waals surface area contributed by atoms with E-state index < -0.39 is 0 Å². The maximum absolute atomic E-state index is 2.36. The first-order chi connectivity index (χ1) is 13.3. The number of hydrogen-bond acceptors (Lipinski definition) is 0. The lowest BCUT2D eigenvalue weighted by molar-refractivity contribution is 1.49. The molecule has 0 saturated carbocycles. The maximum atomic E-state index is 2.36. The van der Waals surface area contributed by atoms with Gasteiger partial charge in [-0.3, -0.25) is 0 Å².